The molecule has 1 nitrogen and oxygen atoms in total. The fraction of sp³-hybridized carbons (Fsp3) is 0.400. The highest BCUT2D eigenvalue weighted by Gasteiger charge is 2.17. The average molecular weight is 148 g/mol. The molecule has 1 heterocycles. The Labute approximate surface area is 66.7 Å². The fourth-order valence-corrected chi connectivity index (χ4v) is 1.57. The summed E-state index contributed by atoms with van der Waals surface area (Å²) in [4.78, 5) is 0. The number of aryl methyl sites for hydroxylation is 1. The predicted molar refractivity (Wildman–Crippen MR) is 45.5 cm³/mol. The van der Waals surface area contributed by atoms with Crippen LogP contribution in [0.4, 0.5) is 0 Å². The van der Waals surface area contributed by atoms with Gasteiger partial charge in [-0.1, -0.05) is 19.1 Å². The van der Waals surface area contributed by atoms with Crippen molar-refractivity contribution in [3.05, 3.63) is 29.2 Å². The second-order valence-corrected chi connectivity index (χ2v) is 3.24. The molecule has 0 aromatic carbocycles. The molecule has 0 bridgehead atoms. The highest BCUT2D eigenvalue weighted by Crippen LogP contribution is 2.32. The van der Waals surface area contributed by atoms with Crippen molar-refractivity contribution in [3.63, 3.8) is 0 Å². The van der Waals surface area contributed by atoms with Crippen molar-refractivity contribution in [2.75, 3.05) is 0 Å². The van der Waals surface area contributed by atoms with Crippen molar-refractivity contribution in [1.29, 1.82) is 0 Å². The van der Waals surface area contributed by atoms with Gasteiger partial charge in [-0.3, -0.25) is 0 Å². The monoisotopic (exact) mass is 148 g/mol. The minimum atomic E-state index is 0.559. The van der Waals surface area contributed by atoms with Gasteiger partial charge in [0, 0.05) is 11.5 Å². The third kappa shape index (κ3) is 0.917. The molecule has 0 saturated heterocycles. The van der Waals surface area contributed by atoms with Crippen LogP contribution >= 0.6 is 0 Å². The standard InChI is InChI=1S/C10H12O/c1-7-4-3-5-9-8(2)6-11-10(7)9/h3,5-7H,4H2,1-2H3. The van der Waals surface area contributed by atoms with Crippen LogP contribution in [0.5, 0.6) is 0 Å². The Morgan fingerprint density at radius 2 is 2.36 bits per heavy atom. The van der Waals surface area contributed by atoms with Gasteiger partial charge in [-0.2, -0.15) is 0 Å². The van der Waals surface area contributed by atoms with E-state index in [1.807, 2.05) is 6.26 Å². The molecule has 0 aliphatic heterocycles. The summed E-state index contributed by atoms with van der Waals surface area (Å²) in [5, 5.41) is 0. The van der Waals surface area contributed by atoms with E-state index in [9.17, 15) is 0 Å². The van der Waals surface area contributed by atoms with Crippen LogP contribution in [0.3, 0.4) is 0 Å². The first-order chi connectivity index (χ1) is 5.29. The van der Waals surface area contributed by atoms with Gasteiger partial charge in [0.05, 0.1) is 6.26 Å². The summed E-state index contributed by atoms with van der Waals surface area (Å²) in [6.07, 6.45) is 7.33. The summed E-state index contributed by atoms with van der Waals surface area (Å²) in [7, 11) is 0. The molecule has 0 spiro atoms. The summed E-state index contributed by atoms with van der Waals surface area (Å²) >= 11 is 0. The highest BCUT2D eigenvalue weighted by atomic mass is 16.3. The van der Waals surface area contributed by atoms with Gasteiger partial charge in [0.2, 0.25) is 0 Å². The zero-order valence-corrected chi connectivity index (χ0v) is 6.92. The SMILES string of the molecule is Cc1coc2c1C=CCC2C. The van der Waals surface area contributed by atoms with Crippen LogP contribution in [-0.4, -0.2) is 0 Å². The third-order valence-electron chi connectivity index (χ3n) is 2.27. The van der Waals surface area contributed by atoms with Gasteiger partial charge in [0.25, 0.3) is 0 Å². The Kier molecular flexibility index (Phi) is 1.38. The van der Waals surface area contributed by atoms with Crippen LogP contribution in [0.15, 0.2) is 16.8 Å². The zero-order chi connectivity index (χ0) is 7.84. The molecule has 1 heteroatoms. The molecular formula is C10H12O. The van der Waals surface area contributed by atoms with E-state index < -0.39 is 0 Å². The van der Waals surface area contributed by atoms with Gasteiger partial charge in [0.1, 0.15) is 5.76 Å². The van der Waals surface area contributed by atoms with Crippen molar-refractivity contribution < 1.29 is 4.42 Å². The van der Waals surface area contributed by atoms with E-state index >= 15 is 0 Å². The molecule has 1 aliphatic carbocycles. The molecule has 1 aliphatic rings. The minimum Gasteiger partial charge on any atom is -0.468 e. The molecule has 0 fully saturated rings. The van der Waals surface area contributed by atoms with E-state index in [1.165, 1.54) is 11.1 Å². The van der Waals surface area contributed by atoms with Crippen molar-refractivity contribution in [2.24, 2.45) is 0 Å². The number of hydrogen-bond acceptors (Lipinski definition) is 1. The molecule has 1 aromatic rings. The maximum absolute atomic E-state index is 5.45. The van der Waals surface area contributed by atoms with E-state index in [-0.39, 0.29) is 0 Å². The Morgan fingerprint density at radius 1 is 1.55 bits per heavy atom. The topological polar surface area (TPSA) is 13.1 Å². The summed E-state index contributed by atoms with van der Waals surface area (Å²) < 4.78 is 5.45. The van der Waals surface area contributed by atoms with Gasteiger partial charge >= 0.3 is 0 Å². The maximum atomic E-state index is 5.45. The van der Waals surface area contributed by atoms with Crippen LogP contribution < -0.4 is 0 Å². The normalized spacial score (nSPS) is 21.8. The number of rotatable bonds is 0. The lowest BCUT2D eigenvalue weighted by atomic mass is 9.94. The van der Waals surface area contributed by atoms with Gasteiger partial charge < -0.3 is 4.42 Å². The first-order valence-electron chi connectivity index (χ1n) is 4.03. The van der Waals surface area contributed by atoms with Crippen molar-refractivity contribution in [3.8, 4) is 0 Å². The largest absolute Gasteiger partial charge is 0.468 e. The first-order valence-corrected chi connectivity index (χ1v) is 4.03. The van der Waals surface area contributed by atoms with Crippen molar-refractivity contribution in [2.45, 2.75) is 26.2 Å². The summed E-state index contributed by atoms with van der Waals surface area (Å²) in [5.41, 5.74) is 2.55. The number of hydrogen-bond donors (Lipinski definition) is 0. The molecule has 58 valence electrons. The second kappa shape index (κ2) is 2.26. The van der Waals surface area contributed by atoms with E-state index in [1.54, 1.807) is 0 Å². The zero-order valence-electron chi connectivity index (χ0n) is 6.92. The second-order valence-electron chi connectivity index (χ2n) is 3.24. The number of fused-ring (bicyclic) bond motifs is 1. The first kappa shape index (κ1) is 6.71. The van der Waals surface area contributed by atoms with Crippen molar-refractivity contribution >= 4 is 6.08 Å². The quantitative estimate of drug-likeness (QED) is 0.551. The molecule has 2 rings (SSSR count). The number of allylic oxidation sites excluding steroid dienone is 1. The van der Waals surface area contributed by atoms with Gasteiger partial charge in [-0.15, -0.1) is 0 Å². The lowest BCUT2D eigenvalue weighted by molar-refractivity contribution is 0.472. The van der Waals surface area contributed by atoms with Crippen LogP contribution in [0.2, 0.25) is 0 Å². The van der Waals surface area contributed by atoms with E-state index in [0.29, 0.717) is 5.92 Å². The van der Waals surface area contributed by atoms with Gasteiger partial charge in [0.15, 0.2) is 0 Å². The smallest absolute Gasteiger partial charge is 0.114 e. The predicted octanol–water partition coefficient (Wildman–Crippen LogP) is 3.11. The Hall–Kier alpha value is -0.980. The van der Waals surface area contributed by atoms with Gasteiger partial charge in [-0.05, 0) is 18.9 Å². The Morgan fingerprint density at radius 3 is 3.09 bits per heavy atom. The molecule has 11 heavy (non-hydrogen) atoms. The highest BCUT2D eigenvalue weighted by molar-refractivity contribution is 5.58. The fourth-order valence-electron chi connectivity index (χ4n) is 1.57. The van der Waals surface area contributed by atoms with Crippen LogP contribution in [-0.2, 0) is 0 Å². The van der Waals surface area contributed by atoms with Crippen molar-refractivity contribution in [1.82, 2.24) is 0 Å². The molecule has 0 radical (unpaired) electrons. The molecule has 0 N–H and O–H groups in total. The Balaban J connectivity index is 2.57. The molecule has 0 amide bonds. The average Bonchev–Trinajstić information content (AvgIpc) is 2.35. The summed E-state index contributed by atoms with van der Waals surface area (Å²) in [6.45, 7) is 4.29. The Bertz CT molecular complexity index is 294. The van der Waals surface area contributed by atoms with Crippen LogP contribution in [0.1, 0.15) is 36.1 Å². The lowest BCUT2D eigenvalue weighted by Crippen LogP contribution is -1.96. The molecule has 1 unspecified atom stereocenters. The minimum absolute atomic E-state index is 0.559. The molecule has 1 atom stereocenters. The lowest BCUT2D eigenvalue weighted by Gasteiger charge is -2.11. The molecule has 1 aromatic heterocycles. The maximum Gasteiger partial charge on any atom is 0.114 e. The molecular weight excluding hydrogens is 136 g/mol. The van der Waals surface area contributed by atoms with Gasteiger partial charge in [-0.25, -0.2) is 0 Å². The van der Waals surface area contributed by atoms with E-state index in [0.717, 1.165) is 12.2 Å². The van der Waals surface area contributed by atoms with Crippen LogP contribution in [0, 0.1) is 6.92 Å². The van der Waals surface area contributed by atoms with Crippen LogP contribution in [0.25, 0.3) is 6.08 Å². The summed E-state index contributed by atoms with van der Waals surface area (Å²) in [5.74, 6) is 1.72. The van der Waals surface area contributed by atoms with E-state index in [4.69, 9.17) is 4.42 Å². The molecule has 0 saturated carbocycles. The third-order valence-corrected chi connectivity index (χ3v) is 2.27. The summed E-state index contributed by atoms with van der Waals surface area (Å²) in [6, 6.07) is 0. The number of furan rings is 1. The van der Waals surface area contributed by atoms with E-state index in [2.05, 4.69) is 26.0 Å².